The molecule has 0 bridgehead atoms. The fourth-order valence-electron chi connectivity index (χ4n) is 1.87. The third-order valence-corrected chi connectivity index (χ3v) is 4.88. The van der Waals surface area contributed by atoms with E-state index in [2.05, 4.69) is 5.32 Å². The van der Waals surface area contributed by atoms with Crippen molar-refractivity contribution in [3.8, 4) is 5.75 Å². The van der Waals surface area contributed by atoms with Crippen LogP contribution in [0.2, 0.25) is 0 Å². The minimum absolute atomic E-state index is 0.200. The molecule has 9 heteroatoms. The Hall–Kier alpha value is -1.89. The number of hydrogen-bond acceptors (Lipinski definition) is 7. The lowest BCUT2D eigenvalue weighted by atomic mass is 10.1. The Kier molecular flexibility index (Phi) is 8.27. The van der Waals surface area contributed by atoms with Gasteiger partial charge in [-0.15, -0.1) is 0 Å². The molecule has 0 saturated heterocycles. The van der Waals surface area contributed by atoms with Gasteiger partial charge in [0.05, 0.1) is 6.54 Å². The molecule has 0 radical (unpaired) electrons. The standard InChI is InChI=1S/C17H26NO7P/c1-17(2,3)25-16(20)18-9-10-24-14-8-6-7-13(11-14)15(19)12-26(21,22-4)23-5/h6-8,11H,9-10,12H2,1-5H3,(H,18,20). The van der Waals surface area contributed by atoms with E-state index in [0.29, 0.717) is 11.3 Å². The summed E-state index contributed by atoms with van der Waals surface area (Å²) in [5, 5.41) is 2.57. The summed E-state index contributed by atoms with van der Waals surface area (Å²) in [6, 6.07) is 6.44. The number of alkyl carbamates (subject to hydrolysis) is 1. The van der Waals surface area contributed by atoms with E-state index in [1.165, 1.54) is 20.3 Å². The molecule has 0 heterocycles. The molecule has 1 aromatic rings. The van der Waals surface area contributed by atoms with Crippen LogP contribution in [0.5, 0.6) is 5.75 Å². The van der Waals surface area contributed by atoms with E-state index in [9.17, 15) is 14.2 Å². The Balaban J connectivity index is 2.53. The maximum Gasteiger partial charge on any atom is 0.407 e. The fourth-order valence-corrected chi connectivity index (χ4v) is 2.81. The van der Waals surface area contributed by atoms with Gasteiger partial charge in [-0.05, 0) is 32.9 Å². The number of carbonyl (C=O) groups excluding carboxylic acids is 2. The molecule has 26 heavy (non-hydrogen) atoms. The molecule has 0 fully saturated rings. The van der Waals surface area contributed by atoms with E-state index in [4.69, 9.17) is 18.5 Å². The zero-order valence-electron chi connectivity index (χ0n) is 15.7. The third kappa shape index (κ3) is 7.99. The molecule has 8 nitrogen and oxygen atoms in total. The van der Waals surface area contributed by atoms with E-state index >= 15 is 0 Å². The summed E-state index contributed by atoms with van der Waals surface area (Å²) in [4.78, 5) is 23.7. The topological polar surface area (TPSA) is 100 Å². The van der Waals surface area contributed by atoms with Crippen molar-refractivity contribution in [2.45, 2.75) is 26.4 Å². The predicted octanol–water partition coefficient (Wildman–Crippen LogP) is 3.26. The highest BCUT2D eigenvalue weighted by Crippen LogP contribution is 2.46. The number of Topliss-reactive ketones (excluding diaryl/α,β-unsaturated/α-hetero) is 1. The summed E-state index contributed by atoms with van der Waals surface area (Å²) in [7, 11) is -0.962. The average Bonchev–Trinajstić information content (AvgIpc) is 2.57. The van der Waals surface area contributed by atoms with Crippen LogP contribution in [-0.2, 0) is 18.3 Å². The fraction of sp³-hybridized carbons (Fsp3) is 0.529. The first-order valence-corrected chi connectivity index (χ1v) is 9.75. The van der Waals surface area contributed by atoms with Crippen molar-refractivity contribution in [1.82, 2.24) is 5.32 Å². The van der Waals surface area contributed by atoms with Gasteiger partial charge in [0.15, 0.2) is 5.78 Å². The van der Waals surface area contributed by atoms with Gasteiger partial charge in [0.1, 0.15) is 24.1 Å². The van der Waals surface area contributed by atoms with Crippen LogP contribution in [0.1, 0.15) is 31.1 Å². The highest BCUT2D eigenvalue weighted by molar-refractivity contribution is 7.54. The minimum atomic E-state index is -3.42. The number of amides is 1. The van der Waals surface area contributed by atoms with Gasteiger partial charge < -0.3 is 23.8 Å². The lowest BCUT2D eigenvalue weighted by Crippen LogP contribution is -2.34. The summed E-state index contributed by atoms with van der Waals surface area (Å²) < 4.78 is 32.2. The van der Waals surface area contributed by atoms with Crippen molar-refractivity contribution in [3.63, 3.8) is 0 Å². The number of ether oxygens (including phenoxy) is 2. The summed E-state index contributed by atoms with van der Waals surface area (Å²) in [6.07, 6.45) is -0.885. The second kappa shape index (κ2) is 9.71. The second-order valence-corrected chi connectivity index (χ2v) is 8.63. The summed E-state index contributed by atoms with van der Waals surface area (Å²) in [6.45, 7) is 5.77. The van der Waals surface area contributed by atoms with Gasteiger partial charge in [-0.3, -0.25) is 9.36 Å². The molecule has 0 atom stereocenters. The number of nitrogens with one attached hydrogen (secondary N) is 1. The number of hydrogen-bond donors (Lipinski definition) is 1. The molecule has 0 unspecified atom stereocenters. The monoisotopic (exact) mass is 387 g/mol. The van der Waals surface area contributed by atoms with Gasteiger partial charge in [-0.2, -0.15) is 0 Å². The van der Waals surface area contributed by atoms with Crippen molar-refractivity contribution in [1.29, 1.82) is 0 Å². The zero-order valence-corrected chi connectivity index (χ0v) is 16.6. The molecule has 1 amide bonds. The minimum Gasteiger partial charge on any atom is -0.492 e. The van der Waals surface area contributed by atoms with Crippen LogP contribution in [0.4, 0.5) is 4.79 Å². The van der Waals surface area contributed by atoms with Crippen LogP contribution in [0.3, 0.4) is 0 Å². The van der Waals surface area contributed by atoms with Crippen LogP contribution in [0.25, 0.3) is 0 Å². The molecule has 1 aromatic carbocycles. The van der Waals surface area contributed by atoms with E-state index < -0.39 is 19.3 Å². The van der Waals surface area contributed by atoms with Crippen molar-refractivity contribution in [3.05, 3.63) is 29.8 Å². The maximum absolute atomic E-state index is 12.2. The Bertz CT molecular complexity index is 661. The highest BCUT2D eigenvalue weighted by Gasteiger charge is 2.26. The van der Waals surface area contributed by atoms with Gasteiger partial charge in [-0.1, -0.05) is 12.1 Å². The Morgan fingerprint density at radius 3 is 2.38 bits per heavy atom. The molecule has 0 aliphatic rings. The SMILES string of the molecule is COP(=O)(CC(=O)c1cccc(OCCNC(=O)OC(C)(C)C)c1)OC. The summed E-state index contributed by atoms with van der Waals surface area (Å²) in [5.74, 6) is 0.0702. The van der Waals surface area contributed by atoms with Crippen molar-refractivity contribution >= 4 is 19.5 Å². The van der Waals surface area contributed by atoms with Gasteiger partial charge in [-0.25, -0.2) is 4.79 Å². The Morgan fingerprint density at radius 1 is 1.15 bits per heavy atom. The molecular weight excluding hydrogens is 361 g/mol. The smallest absolute Gasteiger partial charge is 0.407 e. The van der Waals surface area contributed by atoms with E-state index in [0.717, 1.165) is 0 Å². The number of carbonyl (C=O) groups is 2. The average molecular weight is 387 g/mol. The molecule has 1 N–H and O–H groups in total. The molecule has 0 aliphatic heterocycles. The molecule has 0 spiro atoms. The van der Waals surface area contributed by atoms with Crippen LogP contribution < -0.4 is 10.1 Å². The largest absolute Gasteiger partial charge is 0.492 e. The third-order valence-electron chi connectivity index (χ3n) is 3.09. The molecule has 0 saturated carbocycles. The van der Waals surface area contributed by atoms with Crippen molar-refractivity contribution < 1.29 is 32.7 Å². The number of rotatable bonds is 9. The molecule has 0 aromatic heterocycles. The first kappa shape index (κ1) is 22.2. The van der Waals surface area contributed by atoms with Crippen LogP contribution in [0.15, 0.2) is 24.3 Å². The Labute approximate surface area is 153 Å². The van der Waals surface area contributed by atoms with Crippen molar-refractivity contribution in [2.75, 3.05) is 33.5 Å². The highest BCUT2D eigenvalue weighted by atomic mass is 31.2. The van der Waals surface area contributed by atoms with Crippen LogP contribution in [0, 0.1) is 0 Å². The van der Waals surface area contributed by atoms with Gasteiger partial charge in [0, 0.05) is 19.8 Å². The molecule has 0 aliphatic carbocycles. The lowest BCUT2D eigenvalue weighted by molar-refractivity contribution is 0.0520. The normalized spacial score (nSPS) is 11.7. The van der Waals surface area contributed by atoms with E-state index in [1.807, 2.05) is 0 Å². The summed E-state index contributed by atoms with van der Waals surface area (Å²) in [5.41, 5.74) is -0.236. The molecule has 1 rings (SSSR count). The van der Waals surface area contributed by atoms with Crippen molar-refractivity contribution in [2.24, 2.45) is 0 Å². The number of benzene rings is 1. The van der Waals surface area contributed by atoms with Gasteiger partial charge >= 0.3 is 13.7 Å². The van der Waals surface area contributed by atoms with Crippen LogP contribution in [-0.4, -0.2) is 51.0 Å². The van der Waals surface area contributed by atoms with Gasteiger partial charge in [0.25, 0.3) is 0 Å². The number of ketones is 1. The predicted molar refractivity (Wildman–Crippen MR) is 97.0 cm³/mol. The quantitative estimate of drug-likeness (QED) is 0.394. The second-order valence-electron chi connectivity index (χ2n) is 6.36. The molecule has 146 valence electrons. The van der Waals surface area contributed by atoms with Crippen LogP contribution >= 0.6 is 7.60 Å². The summed E-state index contributed by atoms with van der Waals surface area (Å²) >= 11 is 0. The first-order chi connectivity index (χ1) is 12.1. The van der Waals surface area contributed by atoms with E-state index in [-0.39, 0.29) is 25.1 Å². The lowest BCUT2D eigenvalue weighted by Gasteiger charge is -2.19. The first-order valence-electron chi connectivity index (χ1n) is 8.02. The maximum atomic E-state index is 12.2. The zero-order chi connectivity index (χ0) is 19.8. The van der Waals surface area contributed by atoms with E-state index in [1.54, 1.807) is 39.0 Å². The van der Waals surface area contributed by atoms with Gasteiger partial charge in [0.2, 0.25) is 0 Å². The molecular formula is C17H26NO7P. The Morgan fingerprint density at radius 2 is 1.81 bits per heavy atom.